The summed E-state index contributed by atoms with van der Waals surface area (Å²) in [5, 5.41) is 0. The zero-order chi connectivity index (χ0) is 18.0. The quantitative estimate of drug-likeness (QED) is 0.643. The highest BCUT2D eigenvalue weighted by atomic mass is 16.5. The van der Waals surface area contributed by atoms with Gasteiger partial charge in [-0.2, -0.15) is 0 Å². The Morgan fingerprint density at radius 2 is 1.88 bits per heavy atom. The minimum absolute atomic E-state index is 0.152. The van der Waals surface area contributed by atoms with Gasteiger partial charge in [0.15, 0.2) is 11.9 Å². The molecule has 0 unspecified atom stereocenters. The van der Waals surface area contributed by atoms with E-state index in [1.807, 2.05) is 0 Å². The molecule has 0 aliphatic heterocycles. The van der Waals surface area contributed by atoms with Crippen molar-refractivity contribution in [2.75, 3.05) is 0 Å². The first kappa shape index (κ1) is 17.4. The number of esters is 1. The van der Waals surface area contributed by atoms with Crippen LogP contribution >= 0.6 is 0 Å². The molecule has 2 aromatic heterocycles. The van der Waals surface area contributed by atoms with Gasteiger partial charge in [-0.3, -0.25) is 14.4 Å². The first-order chi connectivity index (χ1) is 11.2. The molecule has 0 aliphatic carbocycles. The van der Waals surface area contributed by atoms with Gasteiger partial charge in [-0.15, -0.1) is 0 Å². The molecule has 0 radical (unpaired) electrons. The third kappa shape index (κ3) is 3.19. The molecule has 7 nitrogen and oxygen atoms in total. The van der Waals surface area contributed by atoms with Crippen LogP contribution in [0.4, 0.5) is 0 Å². The van der Waals surface area contributed by atoms with E-state index in [9.17, 15) is 19.2 Å². The summed E-state index contributed by atoms with van der Waals surface area (Å²) in [6.07, 6.45) is 0.288. The van der Waals surface area contributed by atoms with E-state index in [1.54, 1.807) is 13.8 Å². The van der Waals surface area contributed by atoms with Gasteiger partial charge in [-0.05, 0) is 45.4 Å². The SMILES string of the molecule is CC(=O)c1c(C)[nH]c(C(=O)[C@@H](C)OC(=O)c2ccc[nH]c2=O)c1C. The third-order valence-corrected chi connectivity index (χ3v) is 3.73. The van der Waals surface area contributed by atoms with E-state index in [1.165, 1.54) is 32.2 Å². The van der Waals surface area contributed by atoms with E-state index >= 15 is 0 Å². The van der Waals surface area contributed by atoms with Crippen molar-refractivity contribution in [1.82, 2.24) is 9.97 Å². The molecule has 0 bridgehead atoms. The number of nitrogens with one attached hydrogen (secondary N) is 2. The third-order valence-electron chi connectivity index (χ3n) is 3.73. The van der Waals surface area contributed by atoms with Gasteiger partial charge in [0, 0.05) is 17.5 Å². The Labute approximate surface area is 138 Å². The number of hydrogen-bond donors (Lipinski definition) is 2. The van der Waals surface area contributed by atoms with Crippen LogP contribution in [0.2, 0.25) is 0 Å². The van der Waals surface area contributed by atoms with Gasteiger partial charge in [-0.25, -0.2) is 4.79 Å². The van der Waals surface area contributed by atoms with Crippen LogP contribution in [-0.2, 0) is 4.74 Å². The van der Waals surface area contributed by atoms with Crippen LogP contribution in [0.15, 0.2) is 23.1 Å². The normalized spacial score (nSPS) is 11.8. The molecule has 2 N–H and O–H groups in total. The lowest BCUT2D eigenvalue weighted by molar-refractivity contribution is 0.0315. The fourth-order valence-corrected chi connectivity index (χ4v) is 2.59. The smallest absolute Gasteiger partial charge is 0.344 e. The van der Waals surface area contributed by atoms with Gasteiger partial charge in [0.1, 0.15) is 5.56 Å². The Morgan fingerprint density at radius 3 is 2.42 bits per heavy atom. The maximum Gasteiger partial charge on any atom is 0.344 e. The first-order valence-electron chi connectivity index (χ1n) is 7.37. The molecule has 2 aromatic rings. The van der Waals surface area contributed by atoms with Crippen molar-refractivity contribution in [3.05, 3.63) is 56.8 Å². The number of rotatable bonds is 5. The van der Waals surface area contributed by atoms with Gasteiger partial charge in [0.05, 0.1) is 5.69 Å². The second kappa shape index (κ2) is 6.66. The highest BCUT2D eigenvalue weighted by Crippen LogP contribution is 2.20. The van der Waals surface area contributed by atoms with Gasteiger partial charge < -0.3 is 14.7 Å². The van der Waals surface area contributed by atoms with E-state index in [4.69, 9.17) is 4.74 Å². The molecule has 0 saturated carbocycles. The largest absolute Gasteiger partial charge is 0.450 e. The number of Topliss-reactive ketones (excluding diaryl/α,β-unsaturated/α-hetero) is 2. The van der Waals surface area contributed by atoms with Crippen molar-refractivity contribution in [3.63, 3.8) is 0 Å². The molecule has 1 atom stereocenters. The van der Waals surface area contributed by atoms with E-state index in [2.05, 4.69) is 9.97 Å². The molecule has 126 valence electrons. The van der Waals surface area contributed by atoms with Crippen molar-refractivity contribution in [3.8, 4) is 0 Å². The molecule has 0 aliphatic rings. The van der Waals surface area contributed by atoms with E-state index in [0.29, 0.717) is 16.8 Å². The number of aromatic amines is 2. The molecule has 2 heterocycles. The number of carbonyl (C=O) groups excluding carboxylic acids is 3. The van der Waals surface area contributed by atoms with Gasteiger partial charge in [-0.1, -0.05) is 0 Å². The van der Waals surface area contributed by atoms with Crippen LogP contribution < -0.4 is 5.56 Å². The van der Waals surface area contributed by atoms with Crippen LogP contribution in [0.3, 0.4) is 0 Å². The minimum Gasteiger partial charge on any atom is -0.450 e. The Kier molecular flexibility index (Phi) is 4.82. The second-order valence-electron chi connectivity index (χ2n) is 5.51. The number of hydrogen-bond acceptors (Lipinski definition) is 5. The summed E-state index contributed by atoms with van der Waals surface area (Å²) in [5.74, 6) is -1.50. The fraction of sp³-hybridized carbons (Fsp3) is 0.294. The molecule has 2 rings (SSSR count). The first-order valence-corrected chi connectivity index (χ1v) is 7.37. The monoisotopic (exact) mass is 330 g/mol. The lowest BCUT2D eigenvalue weighted by Crippen LogP contribution is -2.28. The highest BCUT2D eigenvalue weighted by Gasteiger charge is 2.26. The number of aromatic nitrogens is 2. The van der Waals surface area contributed by atoms with Gasteiger partial charge in [0.2, 0.25) is 5.78 Å². The van der Waals surface area contributed by atoms with Gasteiger partial charge in [0.25, 0.3) is 5.56 Å². The Hall–Kier alpha value is -2.96. The van der Waals surface area contributed by atoms with Crippen LogP contribution in [0.5, 0.6) is 0 Å². The predicted octanol–water partition coefficient (Wildman–Crippen LogP) is 1.95. The maximum atomic E-state index is 12.5. The fourth-order valence-electron chi connectivity index (χ4n) is 2.59. The molecular formula is C17H18N2O5. The molecule has 0 spiro atoms. The molecule has 0 aromatic carbocycles. The van der Waals surface area contributed by atoms with Crippen molar-refractivity contribution >= 4 is 17.5 Å². The maximum absolute atomic E-state index is 12.5. The van der Waals surface area contributed by atoms with Crippen LogP contribution in [0.1, 0.15) is 56.3 Å². The second-order valence-corrected chi connectivity index (χ2v) is 5.51. The number of H-pyrrole nitrogens is 2. The number of pyridine rings is 1. The van der Waals surface area contributed by atoms with Crippen molar-refractivity contribution in [1.29, 1.82) is 0 Å². The van der Waals surface area contributed by atoms with Crippen LogP contribution in [-0.4, -0.2) is 33.6 Å². The van der Waals surface area contributed by atoms with Crippen LogP contribution in [0.25, 0.3) is 0 Å². The summed E-state index contributed by atoms with van der Waals surface area (Å²) in [6, 6.07) is 2.80. The molecule has 0 saturated heterocycles. The lowest BCUT2D eigenvalue weighted by Gasteiger charge is -2.11. The average molecular weight is 330 g/mol. The highest BCUT2D eigenvalue weighted by molar-refractivity contribution is 6.05. The summed E-state index contributed by atoms with van der Waals surface area (Å²) in [7, 11) is 0. The summed E-state index contributed by atoms with van der Waals surface area (Å²) >= 11 is 0. The van der Waals surface area contributed by atoms with E-state index < -0.39 is 23.4 Å². The summed E-state index contributed by atoms with van der Waals surface area (Å²) < 4.78 is 5.08. The van der Waals surface area contributed by atoms with Crippen molar-refractivity contribution in [2.24, 2.45) is 0 Å². The summed E-state index contributed by atoms with van der Waals surface area (Å²) in [6.45, 7) is 6.19. The number of carbonyl (C=O) groups is 3. The van der Waals surface area contributed by atoms with Crippen LogP contribution in [0, 0.1) is 13.8 Å². The molecule has 0 fully saturated rings. The summed E-state index contributed by atoms with van der Waals surface area (Å²) in [4.78, 5) is 53.0. The zero-order valence-corrected chi connectivity index (χ0v) is 13.9. The Morgan fingerprint density at radius 1 is 1.21 bits per heavy atom. The Balaban J connectivity index is 2.23. The molecular weight excluding hydrogens is 312 g/mol. The van der Waals surface area contributed by atoms with E-state index in [0.717, 1.165) is 0 Å². The standard InChI is InChI=1S/C17H18N2O5/c1-8-13(10(3)20)9(2)19-14(8)15(21)11(4)24-17(23)12-6-5-7-18-16(12)22/h5-7,11,19H,1-4H3,(H,18,22)/t11-/m1/s1. The number of ketones is 2. The number of ether oxygens (including phenoxy) is 1. The molecule has 7 heteroatoms. The Bertz CT molecular complexity index is 875. The number of aryl methyl sites for hydroxylation is 1. The lowest BCUT2D eigenvalue weighted by atomic mass is 10.0. The average Bonchev–Trinajstić information content (AvgIpc) is 2.81. The molecule has 0 amide bonds. The van der Waals surface area contributed by atoms with Crippen molar-refractivity contribution < 1.29 is 19.1 Å². The zero-order valence-electron chi connectivity index (χ0n) is 13.9. The molecule has 24 heavy (non-hydrogen) atoms. The predicted molar refractivity (Wildman–Crippen MR) is 86.5 cm³/mol. The van der Waals surface area contributed by atoms with E-state index in [-0.39, 0.29) is 17.0 Å². The topological polar surface area (TPSA) is 109 Å². The van der Waals surface area contributed by atoms with Crippen molar-refractivity contribution in [2.45, 2.75) is 33.8 Å². The van der Waals surface area contributed by atoms with Gasteiger partial charge >= 0.3 is 5.97 Å². The summed E-state index contributed by atoms with van der Waals surface area (Å²) in [5.41, 5.74) is 1.01. The minimum atomic E-state index is -1.10.